The molecule has 1 N–H and O–H groups in total. The first-order valence-corrected chi connectivity index (χ1v) is 5.58. The van der Waals surface area contributed by atoms with Crippen LogP contribution in [0.25, 0.3) is 0 Å². The van der Waals surface area contributed by atoms with E-state index >= 15 is 0 Å². The van der Waals surface area contributed by atoms with Crippen molar-refractivity contribution in [1.29, 1.82) is 0 Å². The average molecular weight is 245 g/mol. The van der Waals surface area contributed by atoms with E-state index in [0.717, 1.165) is 6.07 Å². The van der Waals surface area contributed by atoms with Gasteiger partial charge in [-0.3, -0.25) is 0 Å². The minimum atomic E-state index is -0.614. The molecule has 3 nitrogen and oxygen atoms in total. The third-order valence-corrected chi connectivity index (χ3v) is 2.04. The number of ether oxygens (including phenoxy) is 2. The Hall–Kier alpha value is -1.20. The maximum Gasteiger partial charge on any atom is 0.174 e. The molecular formula is C12H17F2NO2. The summed E-state index contributed by atoms with van der Waals surface area (Å²) >= 11 is 0. The lowest BCUT2D eigenvalue weighted by Crippen LogP contribution is -2.26. The van der Waals surface area contributed by atoms with Gasteiger partial charge in [0.05, 0.1) is 6.54 Å². The van der Waals surface area contributed by atoms with Crippen molar-refractivity contribution in [3.05, 3.63) is 29.8 Å². The van der Waals surface area contributed by atoms with Gasteiger partial charge >= 0.3 is 0 Å². The van der Waals surface area contributed by atoms with Gasteiger partial charge in [0.25, 0.3) is 0 Å². The minimum absolute atomic E-state index is 0.338. The fraction of sp³-hybridized carbons (Fsp3) is 0.500. The van der Waals surface area contributed by atoms with Crippen molar-refractivity contribution in [2.24, 2.45) is 0 Å². The largest absolute Gasteiger partial charge is 0.380 e. The van der Waals surface area contributed by atoms with Gasteiger partial charge < -0.3 is 14.8 Å². The van der Waals surface area contributed by atoms with E-state index in [-0.39, 0.29) is 0 Å². The standard InChI is InChI=1S/C12H17F2NO2/c1-3-16-12(17-4-2)8-15-11-6-9(13)5-10(14)7-11/h5-7,12,15H,3-4,8H2,1-2H3. The second kappa shape index (κ2) is 7.19. The van der Waals surface area contributed by atoms with Gasteiger partial charge in [-0.25, -0.2) is 8.78 Å². The summed E-state index contributed by atoms with van der Waals surface area (Å²) < 4.78 is 36.4. The van der Waals surface area contributed by atoms with Gasteiger partial charge in [-0.05, 0) is 26.0 Å². The molecule has 1 aromatic carbocycles. The molecule has 0 aliphatic heterocycles. The highest BCUT2D eigenvalue weighted by molar-refractivity contribution is 5.43. The molecule has 0 fully saturated rings. The van der Waals surface area contributed by atoms with Crippen molar-refractivity contribution in [3.8, 4) is 0 Å². The maximum absolute atomic E-state index is 12.9. The van der Waals surface area contributed by atoms with E-state index in [4.69, 9.17) is 9.47 Å². The molecule has 0 radical (unpaired) electrons. The third-order valence-electron chi connectivity index (χ3n) is 2.04. The molecule has 0 aliphatic carbocycles. The van der Waals surface area contributed by atoms with Crippen LogP contribution in [-0.2, 0) is 9.47 Å². The van der Waals surface area contributed by atoms with E-state index in [1.54, 1.807) is 0 Å². The molecule has 0 heterocycles. The van der Waals surface area contributed by atoms with Gasteiger partial charge in [0.15, 0.2) is 6.29 Å². The molecule has 0 aliphatic rings. The van der Waals surface area contributed by atoms with E-state index in [1.165, 1.54) is 12.1 Å². The molecule has 5 heteroatoms. The summed E-state index contributed by atoms with van der Waals surface area (Å²) in [6, 6.07) is 3.27. The van der Waals surface area contributed by atoms with Crippen LogP contribution in [0.4, 0.5) is 14.5 Å². The quantitative estimate of drug-likeness (QED) is 0.749. The number of halogens is 2. The van der Waals surface area contributed by atoms with Gasteiger partial charge in [0, 0.05) is 25.0 Å². The van der Waals surface area contributed by atoms with Gasteiger partial charge in [0.2, 0.25) is 0 Å². The Bertz CT molecular complexity index is 321. The summed E-state index contributed by atoms with van der Waals surface area (Å²) in [4.78, 5) is 0. The van der Waals surface area contributed by atoms with Crippen molar-refractivity contribution in [3.63, 3.8) is 0 Å². The Morgan fingerprint density at radius 3 is 2.06 bits per heavy atom. The van der Waals surface area contributed by atoms with Crippen molar-refractivity contribution < 1.29 is 18.3 Å². The van der Waals surface area contributed by atoms with Crippen molar-refractivity contribution in [1.82, 2.24) is 0 Å². The number of rotatable bonds is 7. The lowest BCUT2D eigenvalue weighted by atomic mass is 10.3. The Kier molecular flexibility index (Phi) is 5.86. The molecular weight excluding hydrogens is 228 g/mol. The topological polar surface area (TPSA) is 30.5 Å². The van der Waals surface area contributed by atoms with Gasteiger partial charge in [-0.2, -0.15) is 0 Å². The molecule has 0 bridgehead atoms. The molecule has 96 valence electrons. The average Bonchev–Trinajstić information content (AvgIpc) is 2.25. The first kappa shape index (κ1) is 13.9. The number of nitrogens with one attached hydrogen (secondary N) is 1. The smallest absolute Gasteiger partial charge is 0.174 e. The summed E-state index contributed by atoms with van der Waals surface area (Å²) in [6.07, 6.45) is -0.420. The summed E-state index contributed by atoms with van der Waals surface area (Å²) in [5.41, 5.74) is 0.368. The second-order valence-electron chi connectivity index (χ2n) is 3.38. The number of hydrogen-bond acceptors (Lipinski definition) is 3. The van der Waals surface area contributed by atoms with Crippen LogP contribution < -0.4 is 5.32 Å². The zero-order chi connectivity index (χ0) is 12.7. The van der Waals surface area contributed by atoms with E-state index in [9.17, 15) is 8.78 Å². The number of benzene rings is 1. The van der Waals surface area contributed by atoms with Crippen molar-refractivity contribution >= 4 is 5.69 Å². The summed E-state index contributed by atoms with van der Waals surface area (Å²) in [5, 5.41) is 2.87. The lowest BCUT2D eigenvalue weighted by Gasteiger charge is -2.18. The lowest BCUT2D eigenvalue weighted by molar-refractivity contribution is -0.126. The third kappa shape index (κ3) is 5.10. The van der Waals surface area contributed by atoms with Crippen LogP contribution in [0, 0.1) is 11.6 Å². The summed E-state index contributed by atoms with van der Waals surface area (Å²) in [7, 11) is 0. The zero-order valence-corrected chi connectivity index (χ0v) is 10.0. The van der Waals surface area contributed by atoms with Crippen LogP contribution in [0.1, 0.15) is 13.8 Å². The molecule has 0 atom stereocenters. The SMILES string of the molecule is CCOC(CNc1cc(F)cc(F)c1)OCC. The molecule has 0 saturated carbocycles. The fourth-order valence-corrected chi connectivity index (χ4v) is 1.39. The fourth-order valence-electron chi connectivity index (χ4n) is 1.39. The molecule has 1 aromatic rings. The van der Waals surface area contributed by atoms with Crippen LogP contribution >= 0.6 is 0 Å². The predicted octanol–water partition coefficient (Wildman–Crippen LogP) is 2.78. The van der Waals surface area contributed by atoms with Gasteiger partial charge in [0.1, 0.15) is 11.6 Å². The molecule has 0 unspecified atom stereocenters. The highest BCUT2D eigenvalue weighted by Gasteiger charge is 2.08. The Balaban J connectivity index is 2.52. The molecule has 0 amide bonds. The van der Waals surface area contributed by atoms with Gasteiger partial charge in [-0.15, -0.1) is 0 Å². The van der Waals surface area contributed by atoms with Crippen LogP contribution in [-0.4, -0.2) is 26.0 Å². The monoisotopic (exact) mass is 245 g/mol. The van der Waals surface area contributed by atoms with E-state index < -0.39 is 17.9 Å². The zero-order valence-electron chi connectivity index (χ0n) is 10.0. The first-order valence-electron chi connectivity index (χ1n) is 5.58. The Morgan fingerprint density at radius 2 is 1.59 bits per heavy atom. The molecule has 17 heavy (non-hydrogen) atoms. The highest BCUT2D eigenvalue weighted by Crippen LogP contribution is 2.13. The summed E-state index contributed by atoms with van der Waals surface area (Å²) in [6.45, 7) is 5.08. The molecule has 1 rings (SSSR count). The van der Waals surface area contributed by atoms with E-state index in [2.05, 4.69) is 5.32 Å². The van der Waals surface area contributed by atoms with Crippen molar-refractivity contribution in [2.75, 3.05) is 25.1 Å². The normalized spacial score (nSPS) is 10.9. The van der Waals surface area contributed by atoms with Crippen LogP contribution in [0.3, 0.4) is 0 Å². The van der Waals surface area contributed by atoms with Crippen LogP contribution in [0.15, 0.2) is 18.2 Å². The summed E-state index contributed by atoms with van der Waals surface area (Å²) in [5.74, 6) is -1.23. The Morgan fingerprint density at radius 1 is 1.06 bits per heavy atom. The predicted molar refractivity (Wildman–Crippen MR) is 61.9 cm³/mol. The van der Waals surface area contributed by atoms with E-state index in [1.807, 2.05) is 13.8 Å². The van der Waals surface area contributed by atoms with E-state index in [0.29, 0.717) is 25.4 Å². The molecule has 0 aromatic heterocycles. The number of hydrogen-bond donors (Lipinski definition) is 1. The van der Waals surface area contributed by atoms with Gasteiger partial charge in [-0.1, -0.05) is 0 Å². The minimum Gasteiger partial charge on any atom is -0.380 e. The molecule has 0 saturated heterocycles. The van der Waals surface area contributed by atoms with Crippen molar-refractivity contribution in [2.45, 2.75) is 20.1 Å². The number of anilines is 1. The first-order chi connectivity index (χ1) is 8.15. The molecule has 0 spiro atoms. The highest BCUT2D eigenvalue weighted by atomic mass is 19.1. The Labute approximate surface area is 99.7 Å². The maximum atomic E-state index is 12.9. The van der Waals surface area contributed by atoms with Crippen LogP contribution in [0.2, 0.25) is 0 Å². The second-order valence-corrected chi connectivity index (χ2v) is 3.38. The van der Waals surface area contributed by atoms with Crippen LogP contribution in [0.5, 0.6) is 0 Å².